The number of benzene rings is 1. The zero-order valence-electron chi connectivity index (χ0n) is 12.0. The second-order valence-corrected chi connectivity index (χ2v) is 4.80. The predicted octanol–water partition coefficient (Wildman–Crippen LogP) is 2.51. The molecule has 116 valence electrons. The number of carbonyl (C=O) groups is 2. The van der Waals surface area contributed by atoms with E-state index in [1.165, 1.54) is 0 Å². The zero-order valence-corrected chi connectivity index (χ0v) is 12.8. The average Bonchev–Trinajstić information content (AvgIpc) is 2.45. The van der Waals surface area contributed by atoms with Crippen molar-refractivity contribution in [1.82, 2.24) is 0 Å². The second-order valence-electron chi connectivity index (χ2n) is 4.36. The molecular weight excluding hydrogens is 296 g/mol. The van der Waals surface area contributed by atoms with Crippen LogP contribution < -0.4 is 0 Å². The highest BCUT2D eigenvalue weighted by Crippen LogP contribution is 2.24. The minimum atomic E-state index is -1.14. The Balaban J connectivity index is 2.81. The van der Waals surface area contributed by atoms with Crippen LogP contribution in [0.15, 0.2) is 24.3 Å². The fraction of sp³-hybridized carbons (Fsp3) is 0.467. The molecule has 0 fully saturated rings. The molecule has 0 aliphatic rings. The van der Waals surface area contributed by atoms with Gasteiger partial charge in [0.05, 0.1) is 19.3 Å². The molecule has 0 radical (unpaired) electrons. The molecule has 0 saturated carbocycles. The minimum Gasteiger partial charge on any atom is -0.465 e. The SMILES string of the molecule is CCOC(=O)C(CC(O)c1ccc(Cl)cc1)C(=O)OCC. The summed E-state index contributed by atoms with van der Waals surface area (Å²) in [6.07, 6.45) is -1.08. The van der Waals surface area contributed by atoms with E-state index >= 15 is 0 Å². The molecular formula is C15H19ClO5. The van der Waals surface area contributed by atoms with Crippen LogP contribution >= 0.6 is 11.6 Å². The van der Waals surface area contributed by atoms with Gasteiger partial charge >= 0.3 is 11.9 Å². The molecule has 1 unspecified atom stereocenters. The van der Waals surface area contributed by atoms with Crippen molar-refractivity contribution in [2.24, 2.45) is 5.92 Å². The van der Waals surface area contributed by atoms with Gasteiger partial charge in [-0.15, -0.1) is 0 Å². The molecule has 5 nitrogen and oxygen atoms in total. The number of hydrogen-bond acceptors (Lipinski definition) is 5. The Labute approximate surface area is 128 Å². The van der Waals surface area contributed by atoms with Gasteiger partial charge in [-0.2, -0.15) is 0 Å². The number of aliphatic hydroxyl groups excluding tert-OH is 1. The van der Waals surface area contributed by atoms with Gasteiger partial charge in [-0.1, -0.05) is 23.7 Å². The smallest absolute Gasteiger partial charge is 0.320 e. The topological polar surface area (TPSA) is 72.8 Å². The number of halogens is 1. The van der Waals surface area contributed by atoms with Crippen LogP contribution in [0.3, 0.4) is 0 Å². The molecule has 0 aromatic heterocycles. The quantitative estimate of drug-likeness (QED) is 0.618. The van der Waals surface area contributed by atoms with E-state index in [2.05, 4.69) is 0 Å². The van der Waals surface area contributed by atoms with Crippen molar-refractivity contribution in [2.45, 2.75) is 26.4 Å². The Kier molecular flexibility index (Phi) is 7.19. The van der Waals surface area contributed by atoms with Gasteiger partial charge in [-0.3, -0.25) is 9.59 Å². The summed E-state index contributed by atoms with van der Waals surface area (Å²) in [5.74, 6) is -2.52. The lowest BCUT2D eigenvalue weighted by atomic mass is 9.97. The summed E-state index contributed by atoms with van der Waals surface area (Å²) in [6, 6.07) is 6.54. The molecule has 21 heavy (non-hydrogen) atoms. The predicted molar refractivity (Wildman–Crippen MR) is 77.8 cm³/mol. The van der Waals surface area contributed by atoms with E-state index in [9.17, 15) is 14.7 Å². The second kappa shape index (κ2) is 8.64. The molecule has 0 amide bonds. The number of ether oxygens (including phenoxy) is 2. The van der Waals surface area contributed by atoms with E-state index in [-0.39, 0.29) is 19.6 Å². The molecule has 1 aromatic carbocycles. The summed E-state index contributed by atoms with van der Waals surface area (Å²) in [7, 11) is 0. The molecule has 6 heteroatoms. The molecule has 0 aliphatic heterocycles. The van der Waals surface area contributed by atoms with Crippen LogP contribution in [-0.4, -0.2) is 30.3 Å². The first-order chi connectivity index (χ1) is 9.99. The van der Waals surface area contributed by atoms with Gasteiger partial charge in [0, 0.05) is 11.4 Å². The summed E-state index contributed by atoms with van der Waals surface area (Å²) in [5.41, 5.74) is 0.568. The van der Waals surface area contributed by atoms with Gasteiger partial charge in [0.25, 0.3) is 0 Å². The fourth-order valence-electron chi connectivity index (χ4n) is 1.82. The third-order valence-corrected chi connectivity index (χ3v) is 3.11. The molecule has 0 bridgehead atoms. The number of carbonyl (C=O) groups excluding carboxylic acids is 2. The van der Waals surface area contributed by atoms with Crippen molar-refractivity contribution in [2.75, 3.05) is 13.2 Å². The Morgan fingerprint density at radius 2 is 1.57 bits per heavy atom. The van der Waals surface area contributed by atoms with E-state index in [0.29, 0.717) is 10.6 Å². The van der Waals surface area contributed by atoms with Crippen LogP contribution in [0.4, 0.5) is 0 Å². The summed E-state index contributed by atoms with van der Waals surface area (Å²) >= 11 is 5.78. The lowest BCUT2D eigenvalue weighted by Gasteiger charge is -2.18. The van der Waals surface area contributed by atoms with Gasteiger partial charge in [0.1, 0.15) is 0 Å². The van der Waals surface area contributed by atoms with E-state index in [4.69, 9.17) is 21.1 Å². The van der Waals surface area contributed by atoms with Crippen molar-refractivity contribution in [3.05, 3.63) is 34.9 Å². The lowest BCUT2D eigenvalue weighted by Crippen LogP contribution is -2.29. The third kappa shape index (κ3) is 5.36. The molecule has 0 heterocycles. The maximum absolute atomic E-state index is 11.8. The van der Waals surface area contributed by atoms with Crippen LogP contribution in [0, 0.1) is 5.92 Å². The van der Waals surface area contributed by atoms with Crippen LogP contribution in [0.25, 0.3) is 0 Å². The van der Waals surface area contributed by atoms with Gasteiger partial charge in [0.15, 0.2) is 5.92 Å². The van der Waals surface area contributed by atoms with Crippen molar-refractivity contribution >= 4 is 23.5 Å². The van der Waals surface area contributed by atoms with Gasteiger partial charge in [-0.25, -0.2) is 0 Å². The molecule has 1 N–H and O–H groups in total. The number of esters is 2. The van der Waals surface area contributed by atoms with E-state index < -0.39 is 24.0 Å². The molecule has 0 saturated heterocycles. The summed E-state index contributed by atoms with van der Waals surface area (Å²) in [5, 5.41) is 10.7. The Hall–Kier alpha value is -1.59. The first kappa shape index (κ1) is 17.5. The van der Waals surface area contributed by atoms with Gasteiger partial charge < -0.3 is 14.6 Å². The third-order valence-electron chi connectivity index (χ3n) is 2.86. The molecule has 0 aliphatic carbocycles. The zero-order chi connectivity index (χ0) is 15.8. The maximum atomic E-state index is 11.8. The van der Waals surface area contributed by atoms with Crippen molar-refractivity contribution in [3.8, 4) is 0 Å². The Morgan fingerprint density at radius 3 is 2.00 bits per heavy atom. The van der Waals surface area contributed by atoms with Gasteiger partial charge in [0.2, 0.25) is 0 Å². The minimum absolute atomic E-state index is 0.0979. The fourth-order valence-corrected chi connectivity index (χ4v) is 1.94. The summed E-state index contributed by atoms with van der Waals surface area (Å²) in [6.45, 7) is 3.61. The van der Waals surface area contributed by atoms with E-state index in [1.54, 1.807) is 38.1 Å². The summed E-state index contributed by atoms with van der Waals surface area (Å²) in [4.78, 5) is 23.7. The molecule has 1 rings (SSSR count). The normalized spacial score (nSPS) is 12.0. The Bertz CT molecular complexity index is 453. The Morgan fingerprint density at radius 1 is 1.10 bits per heavy atom. The highest BCUT2D eigenvalue weighted by Gasteiger charge is 2.32. The monoisotopic (exact) mass is 314 g/mol. The van der Waals surface area contributed by atoms with E-state index in [0.717, 1.165) is 0 Å². The van der Waals surface area contributed by atoms with E-state index in [1.807, 2.05) is 0 Å². The average molecular weight is 315 g/mol. The first-order valence-corrected chi connectivity index (χ1v) is 7.14. The standard InChI is InChI=1S/C15H19ClO5/c1-3-20-14(18)12(15(19)21-4-2)9-13(17)10-5-7-11(16)8-6-10/h5-8,12-13,17H,3-4,9H2,1-2H3. The largest absolute Gasteiger partial charge is 0.465 e. The maximum Gasteiger partial charge on any atom is 0.320 e. The van der Waals surface area contributed by atoms with Crippen LogP contribution in [-0.2, 0) is 19.1 Å². The number of aliphatic hydroxyl groups is 1. The van der Waals surface area contributed by atoms with Crippen LogP contribution in [0.2, 0.25) is 5.02 Å². The van der Waals surface area contributed by atoms with Crippen molar-refractivity contribution in [1.29, 1.82) is 0 Å². The first-order valence-electron chi connectivity index (χ1n) is 6.76. The molecule has 1 atom stereocenters. The van der Waals surface area contributed by atoms with Crippen LogP contribution in [0.1, 0.15) is 31.9 Å². The van der Waals surface area contributed by atoms with Gasteiger partial charge in [-0.05, 0) is 31.5 Å². The van der Waals surface area contributed by atoms with Crippen molar-refractivity contribution < 1.29 is 24.2 Å². The highest BCUT2D eigenvalue weighted by molar-refractivity contribution is 6.30. The highest BCUT2D eigenvalue weighted by atomic mass is 35.5. The number of hydrogen-bond donors (Lipinski definition) is 1. The van der Waals surface area contributed by atoms with Crippen LogP contribution in [0.5, 0.6) is 0 Å². The van der Waals surface area contributed by atoms with Crippen molar-refractivity contribution in [3.63, 3.8) is 0 Å². The molecule has 0 spiro atoms. The number of rotatable bonds is 7. The summed E-state index contributed by atoms with van der Waals surface area (Å²) < 4.78 is 9.71. The lowest BCUT2D eigenvalue weighted by molar-refractivity contribution is -0.163. The molecule has 1 aromatic rings.